The highest BCUT2D eigenvalue weighted by molar-refractivity contribution is 5.85. The molecule has 1 aromatic carbocycles. The molecule has 0 aliphatic carbocycles. The molecule has 0 saturated carbocycles. The van der Waals surface area contributed by atoms with Crippen LogP contribution in [0.2, 0.25) is 0 Å². The molecule has 2 N–H and O–H groups in total. The molecule has 0 fully saturated rings. The van der Waals surface area contributed by atoms with Gasteiger partial charge in [0.05, 0.1) is 6.42 Å². The van der Waals surface area contributed by atoms with Crippen LogP contribution >= 0.6 is 0 Å². The van der Waals surface area contributed by atoms with E-state index in [-0.39, 0.29) is 12.1 Å². The Balaban J connectivity index is 2.22. The molecule has 0 saturated heterocycles. The Kier molecular flexibility index (Phi) is 3.56. The van der Waals surface area contributed by atoms with Gasteiger partial charge in [-0.2, -0.15) is 0 Å². The second kappa shape index (κ2) is 5.30. The monoisotopic (exact) mass is 257 g/mol. The summed E-state index contributed by atoms with van der Waals surface area (Å²) in [7, 11) is 0. The second-order valence-electron chi connectivity index (χ2n) is 4.00. The third kappa shape index (κ3) is 3.16. The minimum absolute atomic E-state index is 0.00810. The van der Waals surface area contributed by atoms with Crippen molar-refractivity contribution < 1.29 is 19.8 Å². The molecule has 19 heavy (non-hydrogen) atoms. The number of carbonyl (C=O) groups is 2. The van der Waals surface area contributed by atoms with Crippen LogP contribution in [-0.4, -0.2) is 27.1 Å². The maximum absolute atomic E-state index is 10.7. The molecule has 0 aliphatic rings. The Labute approximate surface area is 109 Å². The van der Waals surface area contributed by atoms with Crippen LogP contribution < -0.4 is 0 Å². The summed E-state index contributed by atoms with van der Waals surface area (Å²) in [5.41, 5.74) is 2.35. The van der Waals surface area contributed by atoms with Crippen molar-refractivity contribution in [2.75, 3.05) is 0 Å². The Morgan fingerprint density at radius 2 is 1.58 bits per heavy atom. The summed E-state index contributed by atoms with van der Waals surface area (Å²) < 4.78 is 0. The molecular formula is C14H11NO4. The molecule has 0 spiro atoms. The van der Waals surface area contributed by atoms with Gasteiger partial charge in [0.2, 0.25) is 0 Å². The first-order chi connectivity index (χ1) is 9.06. The highest BCUT2D eigenvalue weighted by Crippen LogP contribution is 2.19. The molecular weight excluding hydrogens is 246 g/mol. The molecule has 1 aromatic heterocycles. The van der Waals surface area contributed by atoms with Gasteiger partial charge in [0.25, 0.3) is 0 Å². The normalized spacial score (nSPS) is 10.1. The molecule has 0 bridgehead atoms. The average Bonchev–Trinajstić information content (AvgIpc) is 2.39. The number of carboxylic acid groups (broad SMARTS) is 2. The van der Waals surface area contributed by atoms with Crippen LogP contribution in [0.4, 0.5) is 0 Å². The van der Waals surface area contributed by atoms with E-state index < -0.39 is 11.9 Å². The van der Waals surface area contributed by atoms with Crippen LogP contribution in [0.5, 0.6) is 0 Å². The van der Waals surface area contributed by atoms with Crippen molar-refractivity contribution in [2.45, 2.75) is 6.42 Å². The Bertz CT molecular complexity index is 602. The van der Waals surface area contributed by atoms with Gasteiger partial charge in [-0.1, -0.05) is 30.3 Å². The molecule has 0 amide bonds. The molecule has 0 unspecified atom stereocenters. The fourth-order valence-electron chi connectivity index (χ4n) is 1.68. The van der Waals surface area contributed by atoms with Crippen LogP contribution in [0, 0.1) is 0 Å². The van der Waals surface area contributed by atoms with Crippen molar-refractivity contribution in [1.82, 2.24) is 4.98 Å². The first-order valence-corrected chi connectivity index (χ1v) is 5.57. The fraction of sp³-hybridized carbons (Fsp3) is 0.0714. The Morgan fingerprint density at radius 1 is 0.947 bits per heavy atom. The van der Waals surface area contributed by atoms with Crippen LogP contribution in [0.15, 0.2) is 42.6 Å². The lowest BCUT2D eigenvalue weighted by Gasteiger charge is -2.03. The number of aromatic carboxylic acids is 1. The number of hydrogen-bond acceptors (Lipinski definition) is 3. The fourth-order valence-corrected chi connectivity index (χ4v) is 1.68. The van der Waals surface area contributed by atoms with E-state index in [1.54, 1.807) is 30.3 Å². The number of aromatic nitrogens is 1. The summed E-state index contributed by atoms with van der Waals surface area (Å²) >= 11 is 0. The highest BCUT2D eigenvalue weighted by Gasteiger charge is 2.05. The Hall–Kier alpha value is -2.69. The molecule has 5 heteroatoms. The quantitative estimate of drug-likeness (QED) is 0.875. The maximum Gasteiger partial charge on any atom is 0.354 e. The van der Waals surface area contributed by atoms with Gasteiger partial charge in [0, 0.05) is 11.8 Å². The smallest absolute Gasteiger partial charge is 0.354 e. The molecule has 2 aromatic rings. The zero-order valence-corrected chi connectivity index (χ0v) is 9.91. The third-order valence-corrected chi connectivity index (χ3v) is 2.63. The van der Waals surface area contributed by atoms with Crippen molar-refractivity contribution >= 4 is 11.9 Å². The van der Waals surface area contributed by atoms with E-state index in [2.05, 4.69) is 4.98 Å². The van der Waals surface area contributed by atoms with E-state index in [4.69, 9.17) is 10.2 Å². The van der Waals surface area contributed by atoms with Gasteiger partial charge in [0.1, 0.15) is 5.69 Å². The average molecular weight is 257 g/mol. The minimum atomic E-state index is -1.07. The molecule has 96 valence electrons. The minimum Gasteiger partial charge on any atom is -0.481 e. The molecule has 1 heterocycles. The Morgan fingerprint density at radius 3 is 2.05 bits per heavy atom. The van der Waals surface area contributed by atoms with E-state index >= 15 is 0 Å². The van der Waals surface area contributed by atoms with E-state index in [0.29, 0.717) is 5.56 Å². The van der Waals surface area contributed by atoms with Crippen LogP contribution in [0.1, 0.15) is 16.1 Å². The largest absolute Gasteiger partial charge is 0.481 e. The lowest BCUT2D eigenvalue weighted by Crippen LogP contribution is -2.00. The summed E-state index contributed by atoms with van der Waals surface area (Å²) in [6.07, 6.45) is 1.46. The zero-order chi connectivity index (χ0) is 13.8. The van der Waals surface area contributed by atoms with Gasteiger partial charge in [-0.15, -0.1) is 0 Å². The number of pyridine rings is 1. The number of aliphatic carboxylic acids is 1. The number of rotatable bonds is 4. The van der Waals surface area contributed by atoms with Crippen LogP contribution in [0.3, 0.4) is 0 Å². The van der Waals surface area contributed by atoms with Gasteiger partial charge < -0.3 is 10.2 Å². The lowest BCUT2D eigenvalue weighted by molar-refractivity contribution is -0.136. The van der Waals surface area contributed by atoms with Gasteiger partial charge in [-0.05, 0) is 17.2 Å². The van der Waals surface area contributed by atoms with Gasteiger partial charge in [-0.25, -0.2) is 9.78 Å². The van der Waals surface area contributed by atoms with Crippen molar-refractivity contribution in [1.29, 1.82) is 0 Å². The third-order valence-electron chi connectivity index (χ3n) is 2.63. The highest BCUT2D eigenvalue weighted by atomic mass is 16.4. The number of nitrogens with zero attached hydrogens (tertiary/aromatic N) is 1. The number of hydrogen-bond donors (Lipinski definition) is 2. The second-order valence-corrected chi connectivity index (χ2v) is 4.00. The summed E-state index contributed by atoms with van der Waals surface area (Å²) in [6.45, 7) is 0. The lowest BCUT2D eigenvalue weighted by atomic mass is 10.0. The first kappa shape index (κ1) is 12.8. The van der Waals surface area contributed by atoms with E-state index in [1.807, 2.05) is 0 Å². The van der Waals surface area contributed by atoms with Crippen molar-refractivity contribution in [3.63, 3.8) is 0 Å². The van der Waals surface area contributed by atoms with Gasteiger partial charge in [-0.3, -0.25) is 4.79 Å². The zero-order valence-electron chi connectivity index (χ0n) is 9.91. The summed E-state index contributed by atoms with van der Waals surface area (Å²) in [6, 6.07) is 10.1. The van der Waals surface area contributed by atoms with E-state index in [0.717, 1.165) is 11.1 Å². The van der Waals surface area contributed by atoms with E-state index in [9.17, 15) is 9.59 Å². The SMILES string of the molecule is O=C(O)Cc1ccc(-c2ccc(C(=O)O)nc2)cc1. The number of carboxylic acids is 2. The molecule has 5 nitrogen and oxygen atoms in total. The maximum atomic E-state index is 10.7. The first-order valence-electron chi connectivity index (χ1n) is 5.57. The van der Waals surface area contributed by atoms with Crippen molar-refractivity contribution in [3.8, 4) is 11.1 Å². The predicted octanol–water partition coefficient (Wildman–Crippen LogP) is 2.07. The van der Waals surface area contributed by atoms with Crippen LogP contribution in [-0.2, 0) is 11.2 Å². The van der Waals surface area contributed by atoms with E-state index in [1.165, 1.54) is 12.3 Å². The predicted molar refractivity (Wildman–Crippen MR) is 68.0 cm³/mol. The summed E-state index contributed by atoms with van der Waals surface area (Å²) in [5, 5.41) is 17.4. The topological polar surface area (TPSA) is 87.5 Å². The molecule has 2 rings (SSSR count). The summed E-state index contributed by atoms with van der Waals surface area (Å²) in [5.74, 6) is -1.94. The molecule has 0 radical (unpaired) electrons. The van der Waals surface area contributed by atoms with Crippen molar-refractivity contribution in [3.05, 3.63) is 53.9 Å². The molecule has 0 aliphatic heterocycles. The van der Waals surface area contributed by atoms with Crippen LogP contribution in [0.25, 0.3) is 11.1 Å². The standard InChI is InChI=1S/C14H11NO4/c16-13(17)7-9-1-3-10(4-2-9)11-5-6-12(14(18)19)15-8-11/h1-6,8H,7H2,(H,16,17)(H,18,19). The summed E-state index contributed by atoms with van der Waals surface area (Å²) in [4.78, 5) is 25.1. The van der Waals surface area contributed by atoms with Crippen molar-refractivity contribution in [2.24, 2.45) is 0 Å². The number of benzene rings is 1. The molecule has 0 atom stereocenters. The van der Waals surface area contributed by atoms with Gasteiger partial charge in [0.15, 0.2) is 0 Å². The van der Waals surface area contributed by atoms with Gasteiger partial charge >= 0.3 is 11.9 Å².